The monoisotopic (exact) mass is 645 g/mol. The third-order valence-electron chi connectivity index (χ3n) is 8.44. The van der Waals surface area contributed by atoms with Crippen molar-refractivity contribution in [1.82, 2.24) is 19.7 Å². The number of benzene rings is 3. The van der Waals surface area contributed by atoms with Crippen LogP contribution in [0, 0.1) is 6.92 Å². The molecule has 0 spiro atoms. The van der Waals surface area contributed by atoms with Gasteiger partial charge in [0.1, 0.15) is 5.01 Å². The first kappa shape index (κ1) is 31.5. The molecule has 3 aromatic carbocycles. The second kappa shape index (κ2) is 12.0. The van der Waals surface area contributed by atoms with Gasteiger partial charge in [-0.25, -0.2) is 9.78 Å². The number of aliphatic carboxylic acids is 1. The molecule has 0 saturated carbocycles. The molecule has 1 saturated heterocycles. The largest absolute Gasteiger partial charge is 0.479 e. The summed E-state index contributed by atoms with van der Waals surface area (Å²) in [5.74, 6) is -0.0291. The number of carboxylic acid groups (broad SMARTS) is 1. The summed E-state index contributed by atoms with van der Waals surface area (Å²) in [6.07, 6.45) is -1.16. The van der Waals surface area contributed by atoms with Crippen molar-refractivity contribution in [2.45, 2.75) is 59.3 Å². The Kier molecular flexibility index (Phi) is 8.41. The Morgan fingerprint density at radius 1 is 1.02 bits per heavy atom. The number of ether oxygens (including phenoxy) is 1. The van der Waals surface area contributed by atoms with Gasteiger partial charge in [-0.2, -0.15) is 5.10 Å². The van der Waals surface area contributed by atoms with Crippen LogP contribution in [0.15, 0.2) is 48.5 Å². The van der Waals surface area contributed by atoms with Crippen molar-refractivity contribution in [1.29, 1.82) is 0 Å². The number of piperazine rings is 1. The van der Waals surface area contributed by atoms with Crippen molar-refractivity contribution in [2.24, 2.45) is 7.05 Å². The summed E-state index contributed by atoms with van der Waals surface area (Å²) >= 11 is 7.84. The smallest absolute Gasteiger partial charge is 0.337 e. The van der Waals surface area contributed by atoms with E-state index in [0.717, 1.165) is 80.4 Å². The summed E-state index contributed by atoms with van der Waals surface area (Å²) in [7, 11) is 1.99. The Balaban J connectivity index is 1.50. The van der Waals surface area contributed by atoms with Crippen LogP contribution in [0.25, 0.3) is 42.8 Å². The highest BCUT2D eigenvalue weighted by atomic mass is 35.5. The van der Waals surface area contributed by atoms with Crippen molar-refractivity contribution >= 4 is 55.8 Å². The predicted molar refractivity (Wildman–Crippen MR) is 185 cm³/mol. The Bertz CT molecular complexity index is 1880. The number of halogens is 1. The van der Waals surface area contributed by atoms with Crippen LogP contribution in [0.4, 0.5) is 5.82 Å². The van der Waals surface area contributed by atoms with E-state index in [4.69, 9.17) is 26.4 Å². The van der Waals surface area contributed by atoms with Crippen LogP contribution in [0.2, 0.25) is 5.02 Å². The molecule has 236 valence electrons. The maximum Gasteiger partial charge on any atom is 0.337 e. The molecule has 1 unspecified atom stereocenters. The Hall–Kier alpha value is -3.50. The molecule has 8 nitrogen and oxygen atoms in total. The van der Waals surface area contributed by atoms with E-state index in [0.29, 0.717) is 16.6 Å². The molecule has 1 fully saturated rings. The fraction of sp³-hybridized carbons (Fsp3) is 0.400. The van der Waals surface area contributed by atoms with Gasteiger partial charge in [0.15, 0.2) is 11.9 Å². The Morgan fingerprint density at radius 2 is 1.69 bits per heavy atom. The van der Waals surface area contributed by atoms with Gasteiger partial charge in [-0.05, 0) is 89.1 Å². The highest BCUT2D eigenvalue weighted by Gasteiger charge is 2.32. The van der Waals surface area contributed by atoms with Crippen molar-refractivity contribution < 1.29 is 14.6 Å². The predicted octanol–water partition coefficient (Wildman–Crippen LogP) is 7.95. The first-order chi connectivity index (χ1) is 21.3. The van der Waals surface area contributed by atoms with E-state index in [9.17, 15) is 9.90 Å². The summed E-state index contributed by atoms with van der Waals surface area (Å²) in [5, 5.41) is 17.9. The molecule has 1 aliphatic heterocycles. The van der Waals surface area contributed by atoms with Gasteiger partial charge in [0.25, 0.3) is 0 Å². The lowest BCUT2D eigenvalue weighted by atomic mass is 9.91. The number of fused-ring (bicyclic) bond motifs is 2. The van der Waals surface area contributed by atoms with Crippen LogP contribution in [0.5, 0.6) is 0 Å². The lowest BCUT2D eigenvalue weighted by Crippen LogP contribution is -2.49. The van der Waals surface area contributed by atoms with Crippen LogP contribution >= 0.6 is 22.9 Å². The number of thiazole rings is 1. The Morgan fingerprint density at radius 3 is 2.31 bits per heavy atom. The summed E-state index contributed by atoms with van der Waals surface area (Å²) in [6.45, 7) is 15.9. The molecular formula is C35H40ClN5O3S. The van der Waals surface area contributed by atoms with Crippen molar-refractivity contribution in [2.75, 3.05) is 31.1 Å². The van der Waals surface area contributed by atoms with Gasteiger partial charge in [0, 0.05) is 66.4 Å². The minimum absolute atomic E-state index is 0.533. The van der Waals surface area contributed by atoms with Gasteiger partial charge in [-0.1, -0.05) is 23.7 Å². The SMILES string of the molecule is Cc1cc2nc(-c3ccc4c(c3)c(N3CCN(C(C)C)CC3)nn4C)sc2c(-c2ccc(Cl)cc2)c1C(OC(C)(C)C)C(=O)O. The van der Waals surface area contributed by atoms with Crippen molar-refractivity contribution in [3.63, 3.8) is 0 Å². The number of carbonyl (C=O) groups is 1. The summed E-state index contributed by atoms with van der Waals surface area (Å²) < 4.78 is 9.04. The van der Waals surface area contributed by atoms with Crippen LogP contribution in [-0.2, 0) is 16.6 Å². The highest BCUT2D eigenvalue weighted by molar-refractivity contribution is 7.22. The van der Waals surface area contributed by atoms with Gasteiger partial charge in [0.05, 0.1) is 21.3 Å². The number of carboxylic acids is 1. The molecule has 0 bridgehead atoms. The number of aryl methyl sites for hydroxylation is 2. The summed E-state index contributed by atoms with van der Waals surface area (Å²) in [5.41, 5.74) is 5.35. The maximum absolute atomic E-state index is 12.7. The van der Waals surface area contributed by atoms with E-state index in [2.05, 4.69) is 41.8 Å². The third kappa shape index (κ3) is 6.19. The molecule has 6 rings (SSSR count). The zero-order valence-electron chi connectivity index (χ0n) is 26.9. The molecule has 0 aliphatic carbocycles. The van der Waals surface area contributed by atoms with Crippen molar-refractivity contribution in [3.05, 3.63) is 64.7 Å². The van der Waals surface area contributed by atoms with E-state index in [1.54, 1.807) is 11.3 Å². The van der Waals surface area contributed by atoms with Gasteiger partial charge in [-0.3, -0.25) is 9.58 Å². The van der Waals surface area contributed by atoms with Gasteiger partial charge < -0.3 is 14.7 Å². The highest BCUT2D eigenvalue weighted by Crippen LogP contribution is 2.45. The molecule has 1 atom stereocenters. The molecule has 5 aromatic rings. The zero-order chi connectivity index (χ0) is 32.2. The number of anilines is 1. The normalized spacial score (nSPS) is 15.4. The number of hydrogen-bond donors (Lipinski definition) is 1. The fourth-order valence-electron chi connectivity index (χ4n) is 6.23. The second-order valence-corrected chi connectivity index (χ2v) is 14.5. The average molecular weight is 646 g/mol. The third-order valence-corrected chi connectivity index (χ3v) is 9.83. The molecule has 0 radical (unpaired) electrons. The van der Waals surface area contributed by atoms with E-state index in [1.807, 2.05) is 69.8 Å². The molecular weight excluding hydrogens is 606 g/mol. The molecule has 3 heterocycles. The fourth-order valence-corrected chi connectivity index (χ4v) is 7.47. The standard InChI is InChI=1S/C35H40ClN5O3S/c1-20(2)40-14-16-41(17-15-40)32-25-19-23(10-13-27(25)39(7)38-32)33-37-26-18-21(3)28(30(34(42)43)44-35(4,5)6)29(31(26)45-33)22-8-11-24(36)12-9-22/h8-13,18-20,30H,14-17H2,1-7H3,(H,42,43). The maximum atomic E-state index is 12.7. The number of rotatable bonds is 7. The average Bonchev–Trinajstić information content (AvgIpc) is 3.56. The van der Waals surface area contributed by atoms with E-state index in [-0.39, 0.29) is 0 Å². The molecule has 45 heavy (non-hydrogen) atoms. The number of aromatic nitrogens is 3. The van der Waals surface area contributed by atoms with Crippen LogP contribution in [0.3, 0.4) is 0 Å². The number of hydrogen-bond acceptors (Lipinski definition) is 7. The van der Waals surface area contributed by atoms with Crippen LogP contribution in [-0.4, -0.2) is 68.6 Å². The van der Waals surface area contributed by atoms with E-state index < -0.39 is 17.7 Å². The molecule has 1 N–H and O–H groups in total. The van der Waals surface area contributed by atoms with Crippen molar-refractivity contribution in [3.8, 4) is 21.7 Å². The lowest BCUT2D eigenvalue weighted by molar-refractivity contribution is -0.160. The van der Waals surface area contributed by atoms with E-state index >= 15 is 0 Å². The van der Waals surface area contributed by atoms with Crippen LogP contribution < -0.4 is 4.90 Å². The first-order valence-electron chi connectivity index (χ1n) is 15.4. The first-order valence-corrected chi connectivity index (χ1v) is 16.6. The van der Waals surface area contributed by atoms with Gasteiger partial charge >= 0.3 is 5.97 Å². The lowest BCUT2D eigenvalue weighted by Gasteiger charge is -2.37. The second-order valence-electron chi connectivity index (χ2n) is 13.1. The van der Waals surface area contributed by atoms with Gasteiger partial charge in [-0.15, -0.1) is 11.3 Å². The topological polar surface area (TPSA) is 83.7 Å². The molecule has 1 aliphatic rings. The quantitative estimate of drug-likeness (QED) is 0.192. The Labute approximate surface area is 273 Å². The molecule has 10 heteroatoms. The van der Waals surface area contributed by atoms with E-state index in [1.165, 1.54) is 0 Å². The molecule has 0 amide bonds. The summed E-state index contributed by atoms with van der Waals surface area (Å²) in [6, 6.07) is 16.5. The van der Waals surface area contributed by atoms with Crippen LogP contribution in [0.1, 0.15) is 51.8 Å². The molecule has 2 aromatic heterocycles. The zero-order valence-corrected chi connectivity index (χ0v) is 28.5. The van der Waals surface area contributed by atoms with Gasteiger partial charge in [0.2, 0.25) is 0 Å². The summed E-state index contributed by atoms with van der Waals surface area (Å²) in [4.78, 5) is 22.7. The number of nitrogens with zero attached hydrogens (tertiary/aromatic N) is 5. The minimum atomic E-state index is -1.16. The minimum Gasteiger partial charge on any atom is -0.479 e.